The molecule has 0 unspecified atom stereocenters. The predicted octanol–water partition coefficient (Wildman–Crippen LogP) is 13.5. The van der Waals surface area contributed by atoms with Crippen molar-refractivity contribution >= 4 is 92.4 Å². The Hall–Kier alpha value is -7.41. The van der Waals surface area contributed by atoms with Gasteiger partial charge in [-0.3, -0.25) is 4.57 Å². The second-order valence-corrected chi connectivity index (χ2v) is 15.8. The van der Waals surface area contributed by atoms with Crippen LogP contribution in [-0.4, -0.2) is 23.9 Å². The number of aromatic nitrogens is 5. The largest absolute Gasteiger partial charge is 0.308 e. The Labute approximate surface area is 329 Å². The fraction of sp³-hybridized carbons (Fsp3) is 0. The van der Waals surface area contributed by atoms with Crippen LogP contribution in [0.2, 0.25) is 0 Å². The van der Waals surface area contributed by atoms with Crippen LogP contribution >= 0.6 is 11.3 Å². The maximum absolute atomic E-state index is 5.50. The Morgan fingerprint density at radius 3 is 1.82 bits per heavy atom. The summed E-state index contributed by atoms with van der Waals surface area (Å²) >= 11 is 1.77. The monoisotopic (exact) mass is 743 g/mol. The third-order valence-corrected chi connectivity index (χ3v) is 12.8. The molecular formula is C51H29N5S. The Bertz CT molecular complexity index is 3750. The van der Waals surface area contributed by atoms with E-state index in [1.807, 2.05) is 0 Å². The van der Waals surface area contributed by atoms with Gasteiger partial charge in [0.1, 0.15) is 10.8 Å². The van der Waals surface area contributed by atoms with E-state index >= 15 is 0 Å². The maximum atomic E-state index is 5.50. The summed E-state index contributed by atoms with van der Waals surface area (Å²) in [4.78, 5) is 16.0. The summed E-state index contributed by atoms with van der Waals surface area (Å²) in [5.41, 5.74) is 12.2. The van der Waals surface area contributed by atoms with E-state index in [4.69, 9.17) is 15.0 Å². The lowest BCUT2D eigenvalue weighted by Crippen LogP contribution is -2.02. The summed E-state index contributed by atoms with van der Waals surface area (Å²) in [6.45, 7) is 0. The molecular weight excluding hydrogens is 715 g/mol. The highest BCUT2D eigenvalue weighted by molar-refractivity contribution is 7.22. The van der Waals surface area contributed by atoms with Crippen molar-refractivity contribution in [2.24, 2.45) is 0 Å². The van der Waals surface area contributed by atoms with Crippen LogP contribution in [-0.2, 0) is 0 Å². The van der Waals surface area contributed by atoms with E-state index in [0.29, 0.717) is 5.82 Å². The lowest BCUT2D eigenvalue weighted by atomic mass is 10.0. The minimum atomic E-state index is 0.692. The zero-order chi connectivity index (χ0) is 37.2. The molecule has 57 heavy (non-hydrogen) atoms. The molecule has 0 amide bonds. The first-order valence-electron chi connectivity index (χ1n) is 19.2. The molecule has 5 aromatic heterocycles. The predicted molar refractivity (Wildman–Crippen MR) is 238 cm³/mol. The number of para-hydroxylation sites is 3. The number of fused-ring (bicyclic) bond motifs is 12. The molecule has 0 aliphatic carbocycles. The Kier molecular flexibility index (Phi) is 6.26. The molecule has 0 bridgehead atoms. The van der Waals surface area contributed by atoms with Crippen molar-refractivity contribution in [2.75, 3.05) is 0 Å². The third kappa shape index (κ3) is 4.36. The van der Waals surface area contributed by atoms with E-state index in [1.165, 1.54) is 64.7 Å². The Morgan fingerprint density at radius 2 is 1.00 bits per heavy atom. The first kappa shape index (κ1) is 30.9. The quantitative estimate of drug-likeness (QED) is 0.180. The van der Waals surface area contributed by atoms with Crippen LogP contribution in [0.3, 0.4) is 0 Å². The average Bonchev–Trinajstić information content (AvgIpc) is 4.03. The van der Waals surface area contributed by atoms with E-state index in [1.54, 1.807) is 11.3 Å². The SMILES string of the molecule is c1ccc(-c2ccc3c(c2)c2ccccc2n3-c2nc(-c3ccc4c(c3)c3c5sc(-c6ccccc6)nc5cc5c6ccccc6n4c53)nc3ccccc23)cc1. The van der Waals surface area contributed by atoms with Gasteiger partial charge in [0, 0.05) is 48.8 Å². The van der Waals surface area contributed by atoms with Crippen molar-refractivity contribution < 1.29 is 0 Å². The van der Waals surface area contributed by atoms with Gasteiger partial charge in [0.2, 0.25) is 0 Å². The van der Waals surface area contributed by atoms with Gasteiger partial charge in [-0.15, -0.1) is 11.3 Å². The normalized spacial score (nSPS) is 12.2. The van der Waals surface area contributed by atoms with Crippen LogP contribution < -0.4 is 0 Å². The molecule has 0 radical (unpaired) electrons. The standard InChI is InChI=1S/C51H29N5S/c1-3-13-30(14-4-1)32-23-25-44-37(27-32)34-17-8-12-22-43(34)56(44)50-36-19-7-10-20-40(36)52-49(54-50)33-24-26-45-39(28-33)46-47-38(35-18-9-11-21-42(35)55(45)47)29-41-48(46)57-51(53-41)31-15-5-2-6-16-31/h1-29H. The summed E-state index contributed by atoms with van der Waals surface area (Å²) in [5, 5.41) is 9.29. The zero-order valence-electron chi connectivity index (χ0n) is 30.4. The molecule has 13 rings (SSSR count). The van der Waals surface area contributed by atoms with Crippen molar-refractivity contribution in [3.63, 3.8) is 0 Å². The first-order chi connectivity index (χ1) is 28.3. The maximum Gasteiger partial charge on any atom is 0.162 e. The zero-order valence-corrected chi connectivity index (χ0v) is 31.2. The first-order valence-corrected chi connectivity index (χ1v) is 20.0. The van der Waals surface area contributed by atoms with Gasteiger partial charge >= 0.3 is 0 Å². The summed E-state index contributed by atoms with van der Waals surface area (Å²) < 4.78 is 5.96. The van der Waals surface area contributed by atoms with Gasteiger partial charge < -0.3 is 4.40 Å². The van der Waals surface area contributed by atoms with Crippen molar-refractivity contribution in [1.29, 1.82) is 0 Å². The average molecular weight is 744 g/mol. The number of benzene rings is 8. The molecule has 8 aromatic carbocycles. The van der Waals surface area contributed by atoms with Gasteiger partial charge in [0.05, 0.1) is 43.3 Å². The van der Waals surface area contributed by atoms with Crippen molar-refractivity contribution in [2.45, 2.75) is 0 Å². The van der Waals surface area contributed by atoms with E-state index < -0.39 is 0 Å². The molecule has 0 atom stereocenters. The van der Waals surface area contributed by atoms with Gasteiger partial charge in [-0.2, -0.15) is 0 Å². The molecule has 0 saturated heterocycles. The summed E-state index contributed by atoms with van der Waals surface area (Å²) in [6.07, 6.45) is 0. The van der Waals surface area contributed by atoms with E-state index in [-0.39, 0.29) is 0 Å². The van der Waals surface area contributed by atoms with E-state index in [9.17, 15) is 0 Å². The van der Waals surface area contributed by atoms with Gasteiger partial charge in [-0.1, -0.05) is 115 Å². The number of hydrogen-bond acceptors (Lipinski definition) is 4. The minimum absolute atomic E-state index is 0.692. The second-order valence-electron chi connectivity index (χ2n) is 14.8. The van der Waals surface area contributed by atoms with Crippen molar-refractivity contribution in [3.8, 4) is 38.9 Å². The van der Waals surface area contributed by atoms with E-state index in [0.717, 1.165) is 49.4 Å². The number of nitrogens with zero attached hydrogens (tertiary/aromatic N) is 5. The van der Waals surface area contributed by atoms with Gasteiger partial charge in [0.15, 0.2) is 5.82 Å². The van der Waals surface area contributed by atoms with Crippen molar-refractivity contribution in [1.82, 2.24) is 23.9 Å². The Balaban J connectivity index is 1.08. The molecule has 0 N–H and O–H groups in total. The molecule has 5 nitrogen and oxygen atoms in total. The highest BCUT2D eigenvalue weighted by Gasteiger charge is 2.24. The van der Waals surface area contributed by atoms with Crippen LogP contribution in [0, 0.1) is 0 Å². The molecule has 0 aliphatic rings. The number of hydrogen-bond donors (Lipinski definition) is 0. The summed E-state index contributed by atoms with van der Waals surface area (Å²) in [7, 11) is 0. The smallest absolute Gasteiger partial charge is 0.162 e. The molecule has 5 heterocycles. The van der Waals surface area contributed by atoms with Gasteiger partial charge in [-0.25, -0.2) is 15.0 Å². The van der Waals surface area contributed by atoms with Crippen LogP contribution in [0.1, 0.15) is 0 Å². The third-order valence-electron chi connectivity index (χ3n) is 11.7. The molecule has 13 aromatic rings. The lowest BCUT2D eigenvalue weighted by Gasteiger charge is -2.13. The van der Waals surface area contributed by atoms with Crippen LogP contribution in [0.25, 0.3) is 120 Å². The second kappa shape index (κ2) is 11.6. The van der Waals surface area contributed by atoms with Crippen LogP contribution in [0.5, 0.6) is 0 Å². The molecule has 0 spiro atoms. The highest BCUT2D eigenvalue weighted by Crippen LogP contribution is 2.46. The van der Waals surface area contributed by atoms with Gasteiger partial charge in [0.25, 0.3) is 0 Å². The minimum Gasteiger partial charge on any atom is -0.308 e. The topological polar surface area (TPSA) is 48.0 Å². The van der Waals surface area contributed by atoms with Crippen molar-refractivity contribution in [3.05, 3.63) is 176 Å². The molecule has 0 aliphatic heterocycles. The van der Waals surface area contributed by atoms with E-state index in [2.05, 4.69) is 185 Å². The molecule has 0 saturated carbocycles. The summed E-state index contributed by atoms with van der Waals surface area (Å²) in [5.74, 6) is 1.56. The highest BCUT2D eigenvalue weighted by atomic mass is 32.1. The lowest BCUT2D eigenvalue weighted by molar-refractivity contribution is 1.08. The molecule has 264 valence electrons. The Morgan fingerprint density at radius 1 is 0.386 bits per heavy atom. The molecule has 0 fully saturated rings. The number of rotatable bonds is 4. The fourth-order valence-corrected chi connectivity index (χ4v) is 10.3. The molecule has 6 heteroatoms. The summed E-state index contributed by atoms with van der Waals surface area (Å²) in [6, 6.07) is 62.7. The fourth-order valence-electron chi connectivity index (χ4n) is 9.16. The van der Waals surface area contributed by atoms with Crippen LogP contribution in [0.4, 0.5) is 0 Å². The number of thiazole rings is 1. The van der Waals surface area contributed by atoms with Crippen LogP contribution in [0.15, 0.2) is 176 Å². The van der Waals surface area contributed by atoms with Gasteiger partial charge in [-0.05, 0) is 71.8 Å².